The molecule has 1 fully saturated rings. The van der Waals surface area contributed by atoms with Crippen LogP contribution in [0.2, 0.25) is 0 Å². The van der Waals surface area contributed by atoms with Crippen molar-refractivity contribution in [1.29, 1.82) is 0 Å². The second-order valence-corrected chi connectivity index (χ2v) is 4.76. The van der Waals surface area contributed by atoms with Crippen LogP contribution in [0, 0.1) is 0 Å². The lowest BCUT2D eigenvalue weighted by molar-refractivity contribution is -0.143. The molecule has 0 unspecified atom stereocenters. The number of hydrogen-bond acceptors (Lipinski definition) is 6. The van der Waals surface area contributed by atoms with Gasteiger partial charge in [0.05, 0.1) is 0 Å². The Bertz CT molecular complexity index is 636. The van der Waals surface area contributed by atoms with Crippen molar-refractivity contribution in [2.45, 2.75) is 0 Å². The Labute approximate surface area is 126 Å². The van der Waals surface area contributed by atoms with Crippen LogP contribution in [0.1, 0.15) is 0 Å². The predicted octanol–water partition coefficient (Wildman–Crippen LogP) is -0.513. The van der Waals surface area contributed by atoms with Crippen LogP contribution in [0.5, 0.6) is 0 Å². The van der Waals surface area contributed by atoms with Gasteiger partial charge in [-0.1, -0.05) is 6.07 Å². The van der Waals surface area contributed by atoms with E-state index in [-0.39, 0.29) is 5.95 Å². The van der Waals surface area contributed by atoms with E-state index < -0.39 is 11.8 Å². The molecule has 3 heterocycles. The van der Waals surface area contributed by atoms with Crippen molar-refractivity contribution in [2.75, 3.05) is 36.4 Å². The van der Waals surface area contributed by atoms with E-state index in [9.17, 15) is 9.59 Å². The summed E-state index contributed by atoms with van der Waals surface area (Å²) in [6, 6.07) is 5.70. The van der Waals surface area contributed by atoms with E-state index in [2.05, 4.69) is 30.4 Å². The number of aromatic nitrogens is 4. The zero-order valence-corrected chi connectivity index (χ0v) is 11.8. The molecule has 0 radical (unpaired) electrons. The fraction of sp³-hybridized carbons (Fsp3) is 0.308. The number of hydrogen-bond donors (Lipinski definition) is 2. The number of aromatic amines is 1. The lowest BCUT2D eigenvalue weighted by Gasteiger charge is -2.34. The maximum atomic E-state index is 12.1. The third kappa shape index (κ3) is 3.03. The molecule has 0 aliphatic carbocycles. The zero-order valence-electron chi connectivity index (χ0n) is 11.8. The molecule has 0 spiro atoms. The van der Waals surface area contributed by atoms with Crippen LogP contribution >= 0.6 is 0 Å². The van der Waals surface area contributed by atoms with Crippen LogP contribution < -0.4 is 10.2 Å². The average molecular weight is 301 g/mol. The molecule has 2 amide bonds. The average Bonchev–Trinajstić information content (AvgIpc) is 3.08. The molecule has 0 aromatic carbocycles. The van der Waals surface area contributed by atoms with Gasteiger partial charge < -0.3 is 9.80 Å². The van der Waals surface area contributed by atoms with E-state index in [4.69, 9.17) is 0 Å². The number of rotatable bonds is 2. The standard InChI is InChI=1S/C13H15N7O2/c21-11(17-13-15-9-16-18-13)12(22)20-7-5-19(6-8-20)10-3-1-2-4-14-10/h1-4,9H,5-8H2,(H2,15,16,17,18,21). The van der Waals surface area contributed by atoms with Crippen molar-refractivity contribution >= 4 is 23.6 Å². The molecule has 0 saturated carbocycles. The van der Waals surface area contributed by atoms with Gasteiger partial charge in [0.25, 0.3) is 0 Å². The first-order valence-electron chi connectivity index (χ1n) is 6.85. The lowest BCUT2D eigenvalue weighted by Crippen LogP contribution is -2.51. The number of anilines is 2. The van der Waals surface area contributed by atoms with Gasteiger partial charge in [-0.05, 0) is 12.1 Å². The molecule has 9 heteroatoms. The van der Waals surface area contributed by atoms with Gasteiger partial charge in [0.1, 0.15) is 12.1 Å². The summed E-state index contributed by atoms with van der Waals surface area (Å²) >= 11 is 0. The Kier molecular flexibility index (Phi) is 3.95. The minimum atomic E-state index is -0.719. The minimum Gasteiger partial charge on any atom is -0.353 e. The number of carbonyl (C=O) groups excluding carboxylic acids is 2. The second kappa shape index (κ2) is 6.20. The lowest BCUT2D eigenvalue weighted by atomic mass is 10.3. The summed E-state index contributed by atoms with van der Waals surface area (Å²) in [6.07, 6.45) is 2.99. The van der Waals surface area contributed by atoms with Gasteiger partial charge in [0, 0.05) is 32.4 Å². The Morgan fingerprint density at radius 1 is 1.14 bits per heavy atom. The number of nitrogens with zero attached hydrogens (tertiary/aromatic N) is 5. The molecule has 2 aromatic heterocycles. The van der Waals surface area contributed by atoms with Gasteiger partial charge in [-0.3, -0.25) is 14.9 Å². The topological polar surface area (TPSA) is 107 Å². The molecule has 1 saturated heterocycles. The fourth-order valence-corrected chi connectivity index (χ4v) is 2.25. The molecule has 0 bridgehead atoms. The number of amides is 2. The highest BCUT2D eigenvalue weighted by atomic mass is 16.2. The molecular formula is C13H15N7O2. The van der Waals surface area contributed by atoms with E-state index in [0.29, 0.717) is 26.2 Å². The highest BCUT2D eigenvalue weighted by molar-refractivity contribution is 6.39. The van der Waals surface area contributed by atoms with Gasteiger partial charge in [-0.25, -0.2) is 10.1 Å². The first-order valence-corrected chi connectivity index (χ1v) is 6.85. The normalized spacial score (nSPS) is 14.7. The SMILES string of the molecule is O=C(Nc1ncn[nH]1)C(=O)N1CCN(c2ccccn2)CC1. The first-order chi connectivity index (χ1) is 10.7. The van der Waals surface area contributed by atoms with Gasteiger partial charge in [-0.15, -0.1) is 0 Å². The molecule has 3 rings (SSSR count). The van der Waals surface area contributed by atoms with Gasteiger partial charge in [0.15, 0.2) is 0 Å². The van der Waals surface area contributed by atoms with Crippen molar-refractivity contribution in [3.8, 4) is 0 Å². The van der Waals surface area contributed by atoms with Crippen molar-refractivity contribution < 1.29 is 9.59 Å². The molecule has 9 nitrogen and oxygen atoms in total. The van der Waals surface area contributed by atoms with E-state index in [0.717, 1.165) is 5.82 Å². The number of piperazine rings is 1. The fourth-order valence-electron chi connectivity index (χ4n) is 2.25. The smallest absolute Gasteiger partial charge is 0.316 e. The molecule has 1 aliphatic heterocycles. The zero-order chi connectivity index (χ0) is 15.4. The quantitative estimate of drug-likeness (QED) is 0.723. The Morgan fingerprint density at radius 3 is 2.59 bits per heavy atom. The Hall–Kier alpha value is -2.97. The maximum absolute atomic E-state index is 12.1. The third-order valence-corrected chi connectivity index (χ3v) is 3.38. The van der Waals surface area contributed by atoms with Crippen molar-refractivity contribution in [3.05, 3.63) is 30.7 Å². The van der Waals surface area contributed by atoms with E-state index in [1.165, 1.54) is 11.2 Å². The summed E-state index contributed by atoms with van der Waals surface area (Å²) in [5, 5.41) is 8.45. The van der Waals surface area contributed by atoms with Gasteiger partial charge in [-0.2, -0.15) is 10.1 Å². The summed E-state index contributed by atoms with van der Waals surface area (Å²) in [5.41, 5.74) is 0. The molecule has 0 atom stereocenters. The molecule has 2 N–H and O–H groups in total. The highest BCUT2D eigenvalue weighted by Crippen LogP contribution is 2.12. The van der Waals surface area contributed by atoms with Crippen LogP contribution in [-0.2, 0) is 9.59 Å². The Morgan fingerprint density at radius 2 is 1.95 bits per heavy atom. The second-order valence-electron chi connectivity index (χ2n) is 4.76. The molecular weight excluding hydrogens is 286 g/mol. The number of pyridine rings is 1. The molecule has 1 aliphatic rings. The van der Waals surface area contributed by atoms with E-state index >= 15 is 0 Å². The number of H-pyrrole nitrogens is 1. The first kappa shape index (κ1) is 14.0. The van der Waals surface area contributed by atoms with Gasteiger partial charge >= 0.3 is 11.8 Å². The minimum absolute atomic E-state index is 0.158. The van der Waals surface area contributed by atoms with E-state index in [1.807, 2.05) is 18.2 Å². The number of carbonyl (C=O) groups is 2. The molecule has 2 aromatic rings. The predicted molar refractivity (Wildman–Crippen MR) is 78.0 cm³/mol. The summed E-state index contributed by atoms with van der Waals surface area (Å²) in [7, 11) is 0. The largest absolute Gasteiger partial charge is 0.353 e. The third-order valence-electron chi connectivity index (χ3n) is 3.38. The van der Waals surface area contributed by atoms with Crippen LogP contribution in [0.4, 0.5) is 11.8 Å². The number of nitrogens with one attached hydrogen (secondary N) is 2. The molecule has 22 heavy (non-hydrogen) atoms. The van der Waals surface area contributed by atoms with Crippen molar-refractivity contribution in [3.63, 3.8) is 0 Å². The summed E-state index contributed by atoms with van der Waals surface area (Å²) in [6.45, 7) is 2.22. The van der Waals surface area contributed by atoms with Crippen molar-refractivity contribution in [2.24, 2.45) is 0 Å². The summed E-state index contributed by atoms with van der Waals surface area (Å²) in [4.78, 5) is 35.6. The van der Waals surface area contributed by atoms with Crippen LogP contribution in [-0.4, -0.2) is 63.1 Å². The monoisotopic (exact) mass is 301 g/mol. The maximum Gasteiger partial charge on any atom is 0.316 e. The summed E-state index contributed by atoms with van der Waals surface area (Å²) < 4.78 is 0. The molecule has 114 valence electrons. The highest BCUT2D eigenvalue weighted by Gasteiger charge is 2.26. The van der Waals surface area contributed by atoms with Gasteiger partial charge in [0.2, 0.25) is 5.95 Å². The summed E-state index contributed by atoms with van der Waals surface area (Å²) in [5.74, 6) is -0.258. The van der Waals surface area contributed by atoms with Crippen LogP contribution in [0.25, 0.3) is 0 Å². The van der Waals surface area contributed by atoms with E-state index in [1.54, 1.807) is 6.20 Å². The van der Waals surface area contributed by atoms with Crippen molar-refractivity contribution in [1.82, 2.24) is 25.1 Å². The Balaban J connectivity index is 1.54. The van der Waals surface area contributed by atoms with Crippen LogP contribution in [0.15, 0.2) is 30.7 Å². The van der Waals surface area contributed by atoms with Crippen LogP contribution in [0.3, 0.4) is 0 Å².